The zero-order valence-corrected chi connectivity index (χ0v) is 17.1. The van der Waals surface area contributed by atoms with E-state index in [1.54, 1.807) is 13.8 Å². The second-order valence-electron chi connectivity index (χ2n) is 7.68. The van der Waals surface area contributed by atoms with Crippen LogP contribution in [0.2, 0.25) is 0 Å². The number of carbonyl (C=O) groups excluding carboxylic acids is 1. The summed E-state index contributed by atoms with van der Waals surface area (Å²) in [5.74, 6) is 0.147. The first-order valence-corrected chi connectivity index (χ1v) is 10.4. The number of anilines is 1. The van der Waals surface area contributed by atoms with Crippen LogP contribution in [0.1, 0.15) is 38.1 Å². The number of amides is 1. The lowest BCUT2D eigenvalue weighted by Crippen LogP contribution is -2.43. The highest BCUT2D eigenvalue weighted by Crippen LogP contribution is 2.32. The van der Waals surface area contributed by atoms with Gasteiger partial charge in [0.1, 0.15) is 17.5 Å². The summed E-state index contributed by atoms with van der Waals surface area (Å²) in [6.45, 7) is 4.29. The van der Waals surface area contributed by atoms with E-state index in [9.17, 15) is 14.7 Å². The maximum absolute atomic E-state index is 12.8. The van der Waals surface area contributed by atoms with Gasteiger partial charge >= 0.3 is 0 Å². The second kappa shape index (κ2) is 7.57. The maximum Gasteiger partial charge on any atom is 0.278 e. The maximum atomic E-state index is 12.8. The molecule has 4 rings (SSSR count). The highest BCUT2D eigenvalue weighted by atomic mass is 32.1. The Balaban J connectivity index is 1.56. The van der Waals surface area contributed by atoms with Crippen molar-refractivity contribution in [2.24, 2.45) is 0 Å². The molecule has 0 bridgehead atoms. The molecule has 3 aromatic rings. The minimum absolute atomic E-state index is 0.0512. The lowest BCUT2D eigenvalue weighted by atomic mass is 10.1. The van der Waals surface area contributed by atoms with E-state index in [0.717, 1.165) is 18.4 Å². The summed E-state index contributed by atoms with van der Waals surface area (Å²) in [4.78, 5) is 39.0. The fraction of sp³-hybridized carbons (Fsp3) is 0.400. The Morgan fingerprint density at radius 3 is 2.83 bits per heavy atom. The molecule has 1 saturated heterocycles. The monoisotopic (exact) mass is 413 g/mol. The molecule has 8 nitrogen and oxygen atoms in total. The van der Waals surface area contributed by atoms with Gasteiger partial charge in [-0.3, -0.25) is 9.59 Å². The van der Waals surface area contributed by atoms with Crippen molar-refractivity contribution in [1.82, 2.24) is 20.3 Å². The van der Waals surface area contributed by atoms with E-state index < -0.39 is 5.60 Å². The third-order valence-corrected chi connectivity index (χ3v) is 5.93. The van der Waals surface area contributed by atoms with Gasteiger partial charge in [-0.15, -0.1) is 0 Å². The van der Waals surface area contributed by atoms with E-state index in [0.29, 0.717) is 23.1 Å². The average Bonchev–Trinajstić information content (AvgIpc) is 3.33. The van der Waals surface area contributed by atoms with E-state index >= 15 is 0 Å². The molecular weight excluding hydrogens is 390 g/mol. The summed E-state index contributed by atoms with van der Waals surface area (Å²) in [6, 6.07) is 9.44. The predicted octanol–water partition coefficient (Wildman–Crippen LogP) is 1.89. The van der Waals surface area contributed by atoms with Gasteiger partial charge in [0, 0.05) is 13.1 Å². The van der Waals surface area contributed by atoms with Crippen molar-refractivity contribution >= 4 is 32.7 Å². The van der Waals surface area contributed by atoms with Crippen molar-refractivity contribution < 1.29 is 9.90 Å². The number of fused-ring (bicyclic) bond motifs is 1. The number of aliphatic hydroxyl groups is 1. The molecule has 1 atom stereocenters. The van der Waals surface area contributed by atoms with Gasteiger partial charge in [0.15, 0.2) is 15.5 Å². The van der Waals surface area contributed by atoms with E-state index in [1.807, 2.05) is 35.2 Å². The summed E-state index contributed by atoms with van der Waals surface area (Å²) in [5.41, 5.74) is -0.377. The molecule has 0 radical (unpaired) electrons. The number of nitrogens with zero attached hydrogens (tertiary/aromatic N) is 3. The Hall–Kier alpha value is -2.78. The fourth-order valence-electron chi connectivity index (χ4n) is 3.40. The molecule has 1 aliphatic heterocycles. The lowest BCUT2D eigenvalue weighted by molar-refractivity contribution is -0.122. The van der Waals surface area contributed by atoms with Crippen molar-refractivity contribution in [2.75, 3.05) is 11.4 Å². The first-order chi connectivity index (χ1) is 13.8. The lowest BCUT2D eigenvalue weighted by Gasteiger charge is -2.23. The van der Waals surface area contributed by atoms with Crippen molar-refractivity contribution in [1.29, 1.82) is 0 Å². The SMILES string of the molecule is CC(C)(O)c1nc2sc(N3CCC[C@@H]3C(=O)NCc3ccccc3)nc2c(=O)[nH]1. The van der Waals surface area contributed by atoms with Gasteiger partial charge in [-0.1, -0.05) is 41.7 Å². The zero-order valence-electron chi connectivity index (χ0n) is 16.3. The minimum Gasteiger partial charge on any atom is -0.383 e. The molecule has 152 valence electrons. The van der Waals surface area contributed by atoms with Crippen molar-refractivity contribution in [3.63, 3.8) is 0 Å². The van der Waals surface area contributed by atoms with Crippen LogP contribution in [0.3, 0.4) is 0 Å². The number of H-pyrrole nitrogens is 1. The number of nitrogens with one attached hydrogen (secondary N) is 2. The number of thiazole rings is 1. The molecule has 1 amide bonds. The van der Waals surface area contributed by atoms with Crippen molar-refractivity contribution in [3.8, 4) is 0 Å². The van der Waals surface area contributed by atoms with E-state index in [-0.39, 0.29) is 28.8 Å². The fourth-order valence-corrected chi connectivity index (χ4v) is 4.42. The average molecular weight is 414 g/mol. The molecule has 0 saturated carbocycles. The largest absolute Gasteiger partial charge is 0.383 e. The first kappa shape index (κ1) is 19.5. The number of benzene rings is 1. The van der Waals surface area contributed by atoms with Crippen LogP contribution >= 0.6 is 11.3 Å². The molecule has 2 aromatic heterocycles. The second-order valence-corrected chi connectivity index (χ2v) is 8.63. The van der Waals surface area contributed by atoms with Crippen LogP contribution in [0.5, 0.6) is 0 Å². The minimum atomic E-state index is -1.26. The van der Waals surface area contributed by atoms with E-state index in [4.69, 9.17) is 0 Å². The van der Waals surface area contributed by atoms with Crippen LogP contribution in [-0.2, 0) is 16.9 Å². The number of carbonyl (C=O) groups is 1. The van der Waals surface area contributed by atoms with Gasteiger partial charge in [-0.2, -0.15) is 0 Å². The number of rotatable bonds is 5. The van der Waals surface area contributed by atoms with Crippen molar-refractivity contribution in [2.45, 2.75) is 44.9 Å². The Kier molecular flexibility index (Phi) is 5.10. The third-order valence-electron chi connectivity index (χ3n) is 4.95. The highest BCUT2D eigenvalue weighted by molar-refractivity contribution is 7.21. The predicted molar refractivity (Wildman–Crippen MR) is 112 cm³/mol. The topological polar surface area (TPSA) is 111 Å². The van der Waals surface area contributed by atoms with Crippen LogP contribution in [0.25, 0.3) is 10.3 Å². The summed E-state index contributed by atoms with van der Waals surface area (Å²) in [6.07, 6.45) is 1.60. The number of hydrogen-bond donors (Lipinski definition) is 3. The van der Waals surface area contributed by atoms with Crippen LogP contribution in [-0.4, -0.2) is 38.6 Å². The normalized spacial score (nSPS) is 17.1. The molecule has 0 unspecified atom stereocenters. The Morgan fingerprint density at radius 2 is 2.10 bits per heavy atom. The molecule has 0 spiro atoms. The Labute approximate surface area is 171 Å². The van der Waals surface area contributed by atoms with Gasteiger partial charge in [-0.05, 0) is 32.3 Å². The number of hydrogen-bond acceptors (Lipinski definition) is 7. The first-order valence-electron chi connectivity index (χ1n) is 9.55. The van der Waals surface area contributed by atoms with Crippen LogP contribution in [0, 0.1) is 0 Å². The quantitative estimate of drug-likeness (QED) is 0.589. The molecule has 29 heavy (non-hydrogen) atoms. The Morgan fingerprint density at radius 1 is 1.34 bits per heavy atom. The Bertz CT molecular complexity index is 1090. The van der Waals surface area contributed by atoms with Gasteiger partial charge in [-0.25, -0.2) is 9.97 Å². The van der Waals surface area contributed by atoms with Crippen LogP contribution in [0.4, 0.5) is 5.13 Å². The smallest absolute Gasteiger partial charge is 0.278 e. The van der Waals surface area contributed by atoms with Crippen LogP contribution in [0.15, 0.2) is 35.1 Å². The summed E-state index contributed by atoms with van der Waals surface area (Å²) in [7, 11) is 0. The van der Waals surface area contributed by atoms with Crippen molar-refractivity contribution in [3.05, 3.63) is 52.1 Å². The molecule has 9 heteroatoms. The van der Waals surface area contributed by atoms with Crippen LogP contribution < -0.4 is 15.8 Å². The molecule has 1 aromatic carbocycles. The molecular formula is C20H23N5O3S. The van der Waals surface area contributed by atoms with Gasteiger partial charge < -0.3 is 20.3 Å². The summed E-state index contributed by atoms with van der Waals surface area (Å²) in [5, 5.41) is 13.7. The molecule has 3 N–H and O–H groups in total. The molecule has 3 heterocycles. The molecule has 1 fully saturated rings. The van der Waals surface area contributed by atoms with E-state index in [1.165, 1.54) is 11.3 Å². The standard InChI is InChI=1S/C20H23N5O3S/c1-20(2,28)18-23-16(27)14-17(24-18)29-19(22-14)25-10-6-9-13(25)15(26)21-11-12-7-4-3-5-8-12/h3-5,7-8,13,28H,6,9-11H2,1-2H3,(H,21,26)(H,23,24,27)/t13-/m1/s1. The van der Waals surface area contributed by atoms with Gasteiger partial charge in [0.05, 0.1) is 0 Å². The van der Waals surface area contributed by atoms with Gasteiger partial charge in [0.2, 0.25) is 5.91 Å². The number of aromatic amines is 1. The summed E-state index contributed by atoms with van der Waals surface area (Å²) >= 11 is 1.27. The molecule has 0 aliphatic carbocycles. The van der Waals surface area contributed by atoms with Gasteiger partial charge in [0.25, 0.3) is 5.56 Å². The molecule has 1 aliphatic rings. The third kappa shape index (κ3) is 4.01. The summed E-state index contributed by atoms with van der Waals surface area (Å²) < 4.78 is 0. The zero-order chi connectivity index (χ0) is 20.6. The van der Waals surface area contributed by atoms with E-state index in [2.05, 4.69) is 20.3 Å². The number of aromatic nitrogens is 3. The highest BCUT2D eigenvalue weighted by Gasteiger charge is 2.33.